The van der Waals surface area contributed by atoms with E-state index in [1.165, 1.54) is 23.9 Å². The summed E-state index contributed by atoms with van der Waals surface area (Å²) in [5.74, 6) is 0.924. The predicted octanol–water partition coefficient (Wildman–Crippen LogP) is 2.32. The minimum atomic E-state index is -3.66. The molecule has 2 fully saturated rings. The van der Waals surface area contributed by atoms with Crippen LogP contribution >= 0.6 is 0 Å². The summed E-state index contributed by atoms with van der Waals surface area (Å²) in [7, 11) is 1.60. The number of likely N-dealkylation sites (N-methyl/N-ethyl adjacent to an activating group) is 1. The molecule has 0 amide bonds. The third-order valence-electron chi connectivity index (χ3n) is 7.24. The number of aryl methyl sites for hydroxylation is 1. The fourth-order valence-electron chi connectivity index (χ4n) is 5.18. The number of ether oxygens (including phenoxy) is 1. The van der Waals surface area contributed by atoms with Crippen molar-refractivity contribution in [3.8, 4) is 17.1 Å². The van der Waals surface area contributed by atoms with Crippen LogP contribution in [0.15, 0.2) is 27.9 Å². The predicted molar refractivity (Wildman–Crippen MR) is 133 cm³/mol. The molecule has 10 nitrogen and oxygen atoms in total. The second-order valence-electron chi connectivity index (χ2n) is 9.53. The smallest absolute Gasteiger partial charge is 0.262 e. The van der Waals surface area contributed by atoms with E-state index in [1.54, 1.807) is 23.9 Å². The second-order valence-corrected chi connectivity index (χ2v) is 11.5. The maximum absolute atomic E-state index is 13.2. The van der Waals surface area contributed by atoms with E-state index >= 15 is 0 Å². The molecule has 1 saturated heterocycles. The molecule has 11 heteroatoms. The van der Waals surface area contributed by atoms with Crippen LogP contribution in [0.4, 0.5) is 0 Å². The minimum absolute atomic E-state index is 0.159. The summed E-state index contributed by atoms with van der Waals surface area (Å²) < 4.78 is 35.1. The molecule has 0 bridgehead atoms. The summed E-state index contributed by atoms with van der Waals surface area (Å²) in [6.45, 7) is 2.26. The Morgan fingerprint density at radius 1 is 1.06 bits per heavy atom. The molecule has 1 aliphatic carbocycles. The number of hydrogen-bond acceptors (Lipinski definition) is 7. The first-order valence-corrected chi connectivity index (χ1v) is 13.6. The van der Waals surface area contributed by atoms with Gasteiger partial charge in [-0.3, -0.25) is 4.79 Å². The van der Waals surface area contributed by atoms with Crippen LogP contribution in [0.2, 0.25) is 0 Å². The molecular formula is C24H32N6O4S. The van der Waals surface area contributed by atoms with Crippen molar-refractivity contribution in [2.24, 2.45) is 7.05 Å². The number of piperazine rings is 1. The van der Waals surface area contributed by atoms with Gasteiger partial charge < -0.3 is 14.6 Å². The Balaban J connectivity index is 1.53. The van der Waals surface area contributed by atoms with Gasteiger partial charge in [-0.2, -0.15) is 9.40 Å². The number of aromatic nitrogens is 4. The fraction of sp³-hybridized carbons (Fsp3) is 0.542. The first-order chi connectivity index (χ1) is 16.8. The van der Waals surface area contributed by atoms with E-state index in [1.807, 2.05) is 7.05 Å². The molecule has 188 valence electrons. The Morgan fingerprint density at radius 2 is 1.77 bits per heavy atom. The van der Waals surface area contributed by atoms with Gasteiger partial charge in [-0.1, -0.05) is 19.3 Å². The second kappa shape index (κ2) is 9.36. The van der Waals surface area contributed by atoms with Crippen molar-refractivity contribution in [3.63, 3.8) is 0 Å². The highest BCUT2D eigenvalue weighted by Crippen LogP contribution is 2.35. The van der Waals surface area contributed by atoms with Gasteiger partial charge in [0, 0.05) is 45.2 Å². The van der Waals surface area contributed by atoms with Gasteiger partial charge in [0.05, 0.1) is 23.3 Å². The Morgan fingerprint density at radius 3 is 2.46 bits per heavy atom. The van der Waals surface area contributed by atoms with Crippen molar-refractivity contribution in [2.45, 2.75) is 42.9 Å². The zero-order chi connectivity index (χ0) is 24.7. The van der Waals surface area contributed by atoms with Crippen molar-refractivity contribution < 1.29 is 13.2 Å². The van der Waals surface area contributed by atoms with Gasteiger partial charge in [0.2, 0.25) is 10.0 Å². The lowest BCUT2D eigenvalue weighted by Gasteiger charge is -2.31. The Hall–Kier alpha value is -2.76. The van der Waals surface area contributed by atoms with E-state index in [9.17, 15) is 13.2 Å². The number of hydrogen-bond donors (Lipinski definition) is 1. The number of nitrogens with one attached hydrogen (secondary N) is 1. The third-order valence-corrected chi connectivity index (χ3v) is 9.14. The van der Waals surface area contributed by atoms with Crippen LogP contribution in [0.1, 0.15) is 43.7 Å². The van der Waals surface area contributed by atoms with E-state index < -0.39 is 10.0 Å². The van der Waals surface area contributed by atoms with Gasteiger partial charge in [0.25, 0.3) is 5.56 Å². The highest BCUT2D eigenvalue weighted by molar-refractivity contribution is 7.89. The number of benzene rings is 1. The summed E-state index contributed by atoms with van der Waals surface area (Å²) in [6.07, 6.45) is 5.58. The topological polar surface area (TPSA) is 113 Å². The average Bonchev–Trinajstić information content (AvgIpc) is 3.21. The van der Waals surface area contributed by atoms with Crippen molar-refractivity contribution >= 4 is 21.1 Å². The van der Waals surface area contributed by atoms with E-state index in [2.05, 4.69) is 15.0 Å². The Kier molecular flexibility index (Phi) is 6.41. The van der Waals surface area contributed by atoms with E-state index in [0.717, 1.165) is 31.4 Å². The number of nitrogens with zero attached hydrogens (tertiary/aromatic N) is 5. The van der Waals surface area contributed by atoms with Gasteiger partial charge in [0.15, 0.2) is 5.65 Å². The SMILES string of the molecule is COc1cc(S(=O)(=O)N2CCN(C)CC2)ccc1-c1nc2c(c(C3CCCCC3)nn2C)c(=O)[nH]1. The van der Waals surface area contributed by atoms with Crippen LogP contribution in [0, 0.1) is 0 Å². The molecule has 5 rings (SSSR count). The summed E-state index contributed by atoms with van der Waals surface area (Å²) in [5, 5.41) is 5.21. The monoisotopic (exact) mass is 500 g/mol. The van der Waals surface area contributed by atoms with Crippen LogP contribution in [0.3, 0.4) is 0 Å². The highest BCUT2D eigenvalue weighted by atomic mass is 32.2. The first kappa shape index (κ1) is 24.0. The molecule has 35 heavy (non-hydrogen) atoms. The molecule has 1 saturated carbocycles. The summed E-state index contributed by atoms with van der Waals surface area (Å²) in [6, 6.07) is 4.70. The van der Waals surface area contributed by atoms with Gasteiger partial charge in [-0.15, -0.1) is 0 Å². The standard InChI is InChI=1S/C24H32N6O4S/c1-28-11-13-30(14-12-28)35(32,33)17-9-10-18(19(15-17)34-3)22-25-23-20(24(31)26-22)21(27-29(23)2)16-7-5-4-6-8-16/h9-10,15-16H,4-8,11-14H2,1-3H3,(H,25,26,31). The van der Waals surface area contributed by atoms with Gasteiger partial charge in [0.1, 0.15) is 17.0 Å². The molecule has 1 aromatic carbocycles. The zero-order valence-corrected chi connectivity index (χ0v) is 21.3. The van der Waals surface area contributed by atoms with E-state index in [0.29, 0.717) is 54.3 Å². The molecule has 1 N–H and O–H groups in total. The van der Waals surface area contributed by atoms with Crippen molar-refractivity contribution in [2.75, 3.05) is 40.3 Å². The van der Waals surface area contributed by atoms with Crippen molar-refractivity contribution in [3.05, 3.63) is 34.2 Å². The lowest BCUT2D eigenvalue weighted by molar-refractivity contribution is 0.222. The zero-order valence-electron chi connectivity index (χ0n) is 20.5. The molecule has 2 aliphatic rings. The molecule has 2 aromatic heterocycles. The summed E-state index contributed by atoms with van der Waals surface area (Å²) in [4.78, 5) is 23.1. The van der Waals surface area contributed by atoms with Gasteiger partial charge in [-0.25, -0.2) is 18.1 Å². The average molecular weight is 501 g/mol. The van der Waals surface area contributed by atoms with Crippen LogP contribution in [-0.2, 0) is 17.1 Å². The number of aromatic amines is 1. The molecule has 0 unspecified atom stereocenters. The van der Waals surface area contributed by atoms with Gasteiger partial charge in [-0.05, 0) is 32.0 Å². The van der Waals surface area contributed by atoms with Crippen molar-refractivity contribution in [1.29, 1.82) is 0 Å². The fourth-order valence-corrected chi connectivity index (χ4v) is 6.62. The normalized spacial score (nSPS) is 18.8. The van der Waals surface area contributed by atoms with E-state index in [4.69, 9.17) is 9.72 Å². The van der Waals surface area contributed by atoms with Crippen LogP contribution in [-0.4, -0.2) is 77.7 Å². The van der Waals surface area contributed by atoms with Crippen molar-refractivity contribution in [1.82, 2.24) is 29.0 Å². The lowest BCUT2D eigenvalue weighted by Crippen LogP contribution is -2.47. The minimum Gasteiger partial charge on any atom is -0.496 e. The quantitative estimate of drug-likeness (QED) is 0.572. The van der Waals surface area contributed by atoms with E-state index in [-0.39, 0.29) is 16.4 Å². The third kappa shape index (κ3) is 4.36. The molecule has 3 aromatic rings. The lowest BCUT2D eigenvalue weighted by atomic mass is 9.86. The summed E-state index contributed by atoms with van der Waals surface area (Å²) in [5.41, 5.74) is 1.61. The number of rotatable bonds is 5. The first-order valence-electron chi connectivity index (χ1n) is 12.1. The molecule has 0 atom stereocenters. The number of methoxy groups -OCH3 is 1. The van der Waals surface area contributed by atoms with Crippen LogP contribution < -0.4 is 10.3 Å². The number of fused-ring (bicyclic) bond motifs is 1. The number of sulfonamides is 1. The molecule has 1 aliphatic heterocycles. The van der Waals surface area contributed by atoms with Crippen LogP contribution in [0.25, 0.3) is 22.4 Å². The van der Waals surface area contributed by atoms with Crippen LogP contribution in [0.5, 0.6) is 5.75 Å². The molecular weight excluding hydrogens is 468 g/mol. The Labute approximate surface area is 205 Å². The number of H-pyrrole nitrogens is 1. The highest BCUT2D eigenvalue weighted by Gasteiger charge is 2.29. The largest absolute Gasteiger partial charge is 0.496 e. The molecule has 0 radical (unpaired) electrons. The maximum Gasteiger partial charge on any atom is 0.262 e. The maximum atomic E-state index is 13.2. The van der Waals surface area contributed by atoms with Gasteiger partial charge >= 0.3 is 0 Å². The summed E-state index contributed by atoms with van der Waals surface area (Å²) >= 11 is 0. The molecule has 0 spiro atoms. The Bertz CT molecular complexity index is 1400. The molecule has 3 heterocycles.